The van der Waals surface area contributed by atoms with E-state index in [0.29, 0.717) is 12.1 Å². The molecule has 0 saturated heterocycles. The molecule has 0 unspecified atom stereocenters. The normalized spacial score (nSPS) is 11.5. The molecule has 0 aliphatic carbocycles. The van der Waals surface area contributed by atoms with Gasteiger partial charge in [0, 0.05) is 13.2 Å². The monoisotopic (exact) mass is 333 g/mol. The Labute approximate surface area is 123 Å². The fourth-order valence-corrected chi connectivity index (χ4v) is 2.56. The summed E-state index contributed by atoms with van der Waals surface area (Å²) in [6, 6.07) is 3.98. The number of carbonyl (C=O) groups excluding carboxylic acids is 1. The quantitative estimate of drug-likeness (QED) is 0.649. The van der Waals surface area contributed by atoms with Crippen LogP contribution in [0.1, 0.15) is 10.5 Å². The van der Waals surface area contributed by atoms with Crippen molar-refractivity contribution in [3.63, 3.8) is 0 Å². The first-order valence-electron chi connectivity index (χ1n) is 5.81. The lowest BCUT2D eigenvalue weighted by Gasteiger charge is -2.10. The molecule has 6 nitrogen and oxygen atoms in total. The summed E-state index contributed by atoms with van der Waals surface area (Å²) in [7, 11) is -3.05. The van der Waals surface area contributed by atoms with E-state index < -0.39 is 38.3 Å². The predicted octanol–water partition coefficient (Wildman–Crippen LogP) is 1.07. The Morgan fingerprint density at radius 1 is 1.14 bits per heavy atom. The molecule has 22 heavy (non-hydrogen) atoms. The molecule has 1 aromatic carbocycles. The highest BCUT2D eigenvalue weighted by molar-refractivity contribution is 7.89. The van der Waals surface area contributed by atoms with E-state index in [4.69, 9.17) is 0 Å². The smallest absolute Gasteiger partial charge is 0.282 e. The van der Waals surface area contributed by atoms with E-state index in [9.17, 15) is 26.4 Å². The second-order valence-electron chi connectivity index (χ2n) is 4.24. The van der Waals surface area contributed by atoms with Crippen molar-refractivity contribution in [2.75, 3.05) is 0 Å². The molecule has 1 amide bonds. The third-order valence-corrected chi connectivity index (χ3v) is 4.03. The van der Waals surface area contributed by atoms with Gasteiger partial charge in [-0.05, 0) is 24.3 Å². The molecule has 0 aliphatic rings. The number of carbonyl (C=O) groups is 1. The highest BCUT2D eigenvalue weighted by atomic mass is 32.2. The number of sulfonamides is 1. The van der Waals surface area contributed by atoms with Crippen LogP contribution < -0.4 is 10.3 Å². The number of halogens is 3. The zero-order chi connectivity index (χ0) is 16.5. The minimum atomic E-state index is -4.60. The van der Waals surface area contributed by atoms with Gasteiger partial charge in [0.1, 0.15) is 10.6 Å². The number of aromatic nitrogens is 1. The van der Waals surface area contributed by atoms with E-state index in [2.05, 4.69) is 0 Å². The number of aryl methyl sites for hydroxylation is 1. The number of benzene rings is 1. The van der Waals surface area contributed by atoms with Crippen molar-refractivity contribution in [2.45, 2.75) is 4.90 Å². The fourth-order valence-electron chi connectivity index (χ4n) is 1.65. The number of hydrogen-bond acceptors (Lipinski definition) is 3. The molecular formula is C12H10F3N3O3S. The van der Waals surface area contributed by atoms with Gasteiger partial charge in [0.05, 0.1) is 0 Å². The van der Waals surface area contributed by atoms with Gasteiger partial charge in [0.2, 0.25) is 0 Å². The van der Waals surface area contributed by atoms with Crippen molar-refractivity contribution in [3.05, 3.63) is 53.6 Å². The minimum Gasteiger partial charge on any atom is -0.347 e. The molecule has 0 bridgehead atoms. The van der Waals surface area contributed by atoms with Crippen LogP contribution in [0.15, 0.2) is 35.4 Å². The lowest BCUT2D eigenvalue weighted by molar-refractivity contribution is 0.0937. The Hall–Kier alpha value is -2.33. The van der Waals surface area contributed by atoms with Gasteiger partial charge in [-0.2, -0.15) is 0 Å². The number of nitrogens with zero attached hydrogens (tertiary/aromatic N) is 1. The van der Waals surface area contributed by atoms with Gasteiger partial charge in [-0.1, -0.05) is 0 Å². The lowest BCUT2D eigenvalue weighted by atomic mass is 10.3. The molecule has 2 rings (SSSR count). The molecule has 0 aliphatic heterocycles. The second kappa shape index (κ2) is 5.81. The lowest BCUT2D eigenvalue weighted by Crippen LogP contribution is -2.42. The first-order chi connectivity index (χ1) is 10.2. The molecule has 0 saturated carbocycles. The van der Waals surface area contributed by atoms with Gasteiger partial charge in [-0.25, -0.2) is 21.6 Å². The zero-order valence-electron chi connectivity index (χ0n) is 11.1. The molecule has 2 N–H and O–H groups in total. The molecule has 0 fully saturated rings. The Kier molecular flexibility index (Phi) is 4.24. The summed E-state index contributed by atoms with van der Waals surface area (Å²) >= 11 is 0. The third-order valence-electron chi connectivity index (χ3n) is 2.76. The largest absolute Gasteiger partial charge is 0.347 e. The standard InChI is InChI=1S/C12H10F3N3O3S/c1-18-6-2-3-8(18)12(19)16-17-22(20,21)9-5-4-7(13)10(14)11(9)15/h2-6,17H,1H3,(H,16,19). The molecule has 2 aromatic rings. The number of rotatable bonds is 4. The van der Waals surface area contributed by atoms with Gasteiger partial charge in [0.25, 0.3) is 15.9 Å². The second-order valence-corrected chi connectivity index (χ2v) is 5.89. The number of hydrazine groups is 1. The average molecular weight is 333 g/mol. The van der Waals surface area contributed by atoms with Crippen LogP contribution in [0, 0.1) is 17.5 Å². The van der Waals surface area contributed by atoms with Crippen molar-refractivity contribution < 1.29 is 26.4 Å². The van der Waals surface area contributed by atoms with Crippen molar-refractivity contribution >= 4 is 15.9 Å². The van der Waals surface area contributed by atoms with Crippen molar-refractivity contribution in [1.29, 1.82) is 0 Å². The first kappa shape index (κ1) is 16.0. The summed E-state index contributed by atoms with van der Waals surface area (Å²) in [5.74, 6) is -6.12. The van der Waals surface area contributed by atoms with Crippen LogP contribution in [0.3, 0.4) is 0 Å². The van der Waals surface area contributed by atoms with E-state index in [0.717, 1.165) is 0 Å². The van der Waals surface area contributed by atoms with E-state index >= 15 is 0 Å². The molecule has 1 aromatic heterocycles. The van der Waals surface area contributed by atoms with Crippen LogP contribution in [-0.2, 0) is 17.1 Å². The molecule has 0 spiro atoms. The van der Waals surface area contributed by atoms with Crippen LogP contribution in [-0.4, -0.2) is 18.9 Å². The highest BCUT2D eigenvalue weighted by Crippen LogP contribution is 2.19. The van der Waals surface area contributed by atoms with Gasteiger partial charge in [-0.3, -0.25) is 10.2 Å². The summed E-state index contributed by atoms with van der Waals surface area (Å²) in [6.45, 7) is 0. The predicted molar refractivity (Wildman–Crippen MR) is 69.5 cm³/mol. The van der Waals surface area contributed by atoms with Gasteiger partial charge >= 0.3 is 0 Å². The Balaban J connectivity index is 2.21. The first-order valence-corrected chi connectivity index (χ1v) is 7.29. The van der Waals surface area contributed by atoms with E-state index in [-0.39, 0.29) is 5.69 Å². The molecule has 1 heterocycles. The van der Waals surface area contributed by atoms with Crippen LogP contribution in [0.2, 0.25) is 0 Å². The topological polar surface area (TPSA) is 80.2 Å². The van der Waals surface area contributed by atoms with Crippen molar-refractivity contribution in [2.24, 2.45) is 7.05 Å². The maximum Gasteiger partial charge on any atom is 0.282 e. The SMILES string of the molecule is Cn1cccc1C(=O)NNS(=O)(=O)c1ccc(F)c(F)c1F. The Bertz CT molecular complexity index is 833. The van der Waals surface area contributed by atoms with Crippen LogP contribution in [0.25, 0.3) is 0 Å². The van der Waals surface area contributed by atoms with E-state index in [1.54, 1.807) is 24.1 Å². The zero-order valence-corrected chi connectivity index (χ0v) is 11.9. The van der Waals surface area contributed by atoms with Crippen LogP contribution >= 0.6 is 0 Å². The Morgan fingerprint density at radius 3 is 2.41 bits per heavy atom. The molecule has 10 heteroatoms. The summed E-state index contributed by atoms with van der Waals surface area (Å²) in [5.41, 5.74) is 1.98. The summed E-state index contributed by atoms with van der Waals surface area (Å²) in [5, 5.41) is 0. The van der Waals surface area contributed by atoms with Gasteiger partial charge in [-0.15, -0.1) is 4.83 Å². The van der Waals surface area contributed by atoms with Gasteiger partial charge < -0.3 is 4.57 Å². The third kappa shape index (κ3) is 2.97. The summed E-state index contributed by atoms with van der Waals surface area (Å²) in [4.78, 5) is 12.2. The number of hydrogen-bond donors (Lipinski definition) is 2. The fraction of sp³-hybridized carbons (Fsp3) is 0.0833. The maximum atomic E-state index is 13.5. The molecular weight excluding hydrogens is 323 g/mol. The molecule has 118 valence electrons. The van der Waals surface area contributed by atoms with Crippen LogP contribution in [0.5, 0.6) is 0 Å². The van der Waals surface area contributed by atoms with E-state index in [1.165, 1.54) is 10.6 Å². The Morgan fingerprint density at radius 2 is 1.82 bits per heavy atom. The van der Waals surface area contributed by atoms with E-state index in [1.807, 2.05) is 5.43 Å². The highest BCUT2D eigenvalue weighted by Gasteiger charge is 2.24. The van der Waals surface area contributed by atoms with Crippen molar-refractivity contribution in [1.82, 2.24) is 14.8 Å². The van der Waals surface area contributed by atoms with Gasteiger partial charge in [0.15, 0.2) is 17.5 Å². The van der Waals surface area contributed by atoms with Crippen molar-refractivity contribution in [3.8, 4) is 0 Å². The number of amides is 1. The summed E-state index contributed by atoms with van der Waals surface area (Å²) in [6.07, 6.45) is 1.55. The minimum absolute atomic E-state index is 0.133. The van der Waals surface area contributed by atoms with Crippen LogP contribution in [0.4, 0.5) is 13.2 Å². The maximum absolute atomic E-state index is 13.5. The average Bonchev–Trinajstić information content (AvgIpc) is 2.88. The number of nitrogens with one attached hydrogen (secondary N) is 2. The molecule has 0 radical (unpaired) electrons. The summed E-state index contributed by atoms with van der Waals surface area (Å²) < 4.78 is 64.4. The molecule has 0 atom stereocenters.